The van der Waals surface area contributed by atoms with E-state index >= 15 is 0 Å². The minimum atomic E-state index is 0.848. The van der Waals surface area contributed by atoms with Gasteiger partial charge in [-0.1, -0.05) is 43.0 Å². The highest BCUT2D eigenvalue weighted by atomic mass is 14.9. The molecule has 0 unspecified atom stereocenters. The fraction of sp³-hybridized carbons (Fsp3) is 0.0476. The van der Waals surface area contributed by atoms with Gasteiger partial charge in [-0.05, 0) is 23.8 Å². The van der Waals surface area contributed by atoms with Crippen molar-refractivity contribution >= 4 is 27.9 Å². The minimum Gasteiger partial charge on any atom is -0.256 e. The average molecular weight is 297 g/mol. The number of fused-ring (bicyclic) bond motifs is 3. The molecule has 4 rings (SSSR count). The van der Waals surface area contributed by atoms with E-state index in [1.54, 1.807) is 0 Å². The van der Waals surface area contributed by atoms with Gasteiger partial charge in [0.25, 0.3) is 0 Å². The first-order valence-corrected chi connectivity index (χ1v) is 7.72. The molecule has 0 fully saturated rings. The first kappa shape index (κ1) is 13.6. The van der Waals surface area contributed by atoms with Gasteiger partial charge in [0.2, 0.25) is 5.52 Å². The van der Waals surface area contributed by atoms with Crippen molar-refractivity contribution in [1.29, 1.82) is 0 Å². The van der Waals surface area contributed by atoms with Crippen LogP contribution in [0, 0.1) is 0 Å². The molecule has 0 atom stereocenters. The lowest BCUT2D eigenvalue weighted by molar-refractivity contribution is -0.662. The molecule has 0 aliphatic heterocycles. The van der Waals surface area contributed by atoms with E-state index in [-0.39, 0.29) is 0 Å². The highest BCUT2D eigenvalue weighted by Gasteiger charge is 2.11. The second kappa shape index (κ2) is 5.65. The van der Waals surface area contributed by atoms with Gasteiger partial charge in [0.1, 0.15) is 0 Å². The van der Waals surface area contributed by atoms with Gasteiger partial charge in [-0.25, -0.2) is 0 Å². The Morgan fingerprint density at radius 3 is 2.57 bits per heavy atom. The van der Waals surface area contributed by atoms with Crippen LogP contribution in [0.25, 0.3) is 27.9 Å². The van der Waals surface area contributed by atoms with Crippen LogP contribution in [-0.4, -0.2) is 4.98 Å². The Morgan fingerprint density at radius 1 is 0.913 bits per heavy atom. The fourth-order valence-electron chi connectivity index (χ4n) is 3.01. The van der Waals surface area contributed by atoms with E-state index in [1.165, 1.54) is 21.9 Å². The van der Waals surface area contributed by atoms with Gasteiger partial charge in [0.05, 0.1) is 10.9 Å². The molecule has 0 N–H and O–H groups in total. The van der Waals surface area contributed by atoms with E-state index in [1.807, 2.05) is 18.3 Å². The Kier molecular flexibility index (Phi) is 3.35. The summed E-state index contributed by atoms with van der Waals surface area (Å²) in [5.74, 6) is 0. The van der Waals surface area contributed by atoms with Gasteiger partial charge in [-0.15, -0.1) is 0 Å². The van der Waals surface area contributed by atoms with Crippen molar-refractivity contribution in [3.05, 3.63) is 90.8 Å². The summed E-state index contributed by atoms with van der Waals surface area (Å²) >= 11 is 0. The lowest BCUT2D eigenvalue weighted by atomic mass is 10.1. The van der Waals surface area contributed by atoms with Crippen LogP contribution in [0.1, 0.15) is 11.1 Å². The Labute approximate surface area is 135 Å². The maximum absolute atomic E-state index is 4.45. The number of hydrogen-bond donors (Lipinski definition) is 0. The van der Waals surface area contributed by atoms with E-state index in [9.17, 15) is 0 Å². The Balaban J connectivity index is 1.83. The van der Waals surface area contributed by atoms with Crippen LogP contribution in [0.15, 0.2) is 79.6 Å². The summed E-state index contributed by atoms with van der Waals surface area (Å²) in [6.45, 7) is 4.65. The van der Waals surface area contributed by atoms with Crippen LogP contribution in [0.5, 0.6) is 0 Å². The van der Waals surface area contributed by atoms with Crippen molar-refractivity contribution in [3.8, 4) is 0 Å². The quantitative estimate of drug-likeness (QED) is 0.405. The molecular weight excluding hydrogens is 280 g/mol. The molecule has 23 heavy (non-hydrogen) atoms. The van der Waals surface area contributed by atoms with Gasteiger partial charge >= 0.3 is 0 Å². The van der Waals surface area contributed by atoms with Gasteiger partial charge in [-0.2, -0.15) is 4.57 Å². The van der Waals surface area contributed by atoms with E-state index in [0.29, 0.717) is 0 Å². The molecule has 0 saturated carbocycles. The summed E-state index contributed by atoms with van der Waals surface area (Å²) < 4.78 is 2.28. The van der Waals surface area contributed by atoms with Crippen LogP contribution in [0.4, 0.5) is 0 Å². The van der Waals surface area contributed by atoms with Crippen LogP contribution in [0.3, 0.4) is 0 Å². The zero-order valence-corrected chi connectivity index (χ0v) is 12.8. The predicted molar refractivity (Wildman–Crippen MR) is 95.1 cm³/mol. The van der Waals surface area contributed by atoms with Crippen molar-refractivity contribution in [2.45, 2.75) is 6.54 Å². The topological polar surface area (TPSA) is 16.8 Å². The molecule has 2 aromatic heterocycles. The molecular formula is C21H17N2+. The first-order valence-electron chi connectivity index (χ1n) is 7.72. The van der Waals surface area contributed by atoms with Gasteiger partial charge < -0.3 is 0 Å². The molecule has 0 spiro atoms. The number of aromatic nitrogens is 2. The Bertz CT molecular complexity index is 1000. The largest absolute Gasteiger partial charge is 0.256 e. The molecule has 0 aliphatic carbocycles. The summed E-state index contributed by atoms with van der Waals surface area (Å²) in [7, 11) is 0. The molecule has 0 radical (unpaired) electrons. The first-order chi connectivity index (χ1) is 11.3. The molecule has 4 aromatic rings. The molecule has 0 amide bonds. The number of nitrogens with zero attached hydrogens (tertiary/aromatic N) is 2. The number of benzene rings is 2. The molecule has 0 bridgehead atoms. The average Bonchev–Trinajstić information content (AvgIpc) is 2.62. The third-order valence-electron chi connectivity index (χ3n) is 4.21. The minimum absolute atomic E-state index is 0.848. The van der Waals surface area contributed by atoms with Gasteiger partial charge in [0, 0.05) is 29.3 Å². The maximum atomic E-state index is 4.45. The SMILES string of the molecule is C=Cc1ccc(C[n+]2cccc3c4cccnc4ccc32)cc1. The summed E-state index contributed by atoms with van der Waals surface area (Å²) in [5.41, 5.74) is 4.68. The molecule has 2 aromatic carbocycles. The van der Waals surface area contributed by atoms with Crippen molar-refractivity contribution in [3.63, 3.8) is 0 Å². The van der Waals surface area contributed by atoms with Crippen LogP contribution in [-0.2, 0) is 6.54 Å². The van der Waals surface area contributed by atoms with Crippen LogP contribution < -0.4 is 4.57 Å². The molecule has 110 valence electrons. The molecule has 2 nitrogen and oxygen atoms in total. The normalized spacial score (nSPS) is 11.0. The standard InChI is InChI=1S/C21H17N2/c1-2-16-7-9-17(10-8-16)15-23-14-4-6-19-18-5-3-13-22-20(18)11-12-21(19)23/h2-14H,1,15H2/q+1. The fourth-order valence-corrected chi connectivity index (χ4v) is 3.01. The van der Waals surface area contributed by atoms with E-state index in [2.05, 4.69) is 76.9 Å². The zero-order valence-electron chi connectivity index (χ0n) is 12.8. The third kappa shape index (κ3) is 2.49. The molecule has 0 aliphatic rings. The van der Waals surface area contributed by atoms with Crippen LogP contribution >= 0.6 is 0 Å². The predicted octanol–water partition coefficient (Wildman–Crippen LogP) is 4.37. The summed E-state index contributed by atoms with van der Waals surface area (Å²) in [4.78, 5) is 4.45. The van der Waals surface area contributed by atoms with Crippen LogP contribution in [0.2, 0.25) is 0 Å². The zero-order chi connectivity index (χ0) is 15.6. The highest BCUT2D eigenvalue weighted by Crippen LogP contribution is 2.21. The molecule has 2 heteroatoms. The number of hydrogen-bond acceptors (Lipinski definition) is 1. The number of rotatable bonds is 3. The summed E-state index contributed by atoms with van der Waals surface area (Å²) in [6.07, 6.45) is 5.84. The van der Waals surface area contributed by atoms with Crippen molar-refractivity contribution < 1.29 is 4.57 Å². The lowest BCUT2D eigenvalue weighted by Gasteiger charge is -2.05. The second-order valence-electron chi connectivity index (χ2n) is 5.65. The summed E-state index contributed by atoms with van der Waals surface area (Å²) in [5, 5.41) is 2.43. The van der Waals surface area contributed by atoms with Crippen molar-refractivity contribution in [2.24, 2.45) is 0 Å². The van der Waals surface area contributed by atoms with Gasteiger partial charge in [0.15, 0.2) is 12.7 Å². The third-order valence-corrected chi connectivity index (χ3v) is 4.21. The Morgan fingerprint density at radius 2 is 1.74 bits per heavy atom. The monoisotopic (exact) mass is 297 g/mol. The number of pyridine rings is 2. The molecule has 2 heterocycles. The maximum Gasteiger partial charge on any atom is 0.213 e. The van der Waals surface area contributed by atoms with E-state index in [4.69, 9.17) is 0 Å². The van der Waals surface area contributed by atoms with Gasteiger partial charge in [-0.3, -0.25) is 4.98 Å². The van der Waals surface area contributed by atoms with E-state index in [0.717, 1.165) is 17.6 Å². The van der Waals surface area contributed by atoms with Crippen molar-refractivity contribution in [2.75, 3.05) is 0 Å². The molecule has 0 saturated heterocycles. The Hall–Kier alpha value is -3.00. The van der Waals surface area contributed by atoms with E-state index < -0.39 is 0 Å². The summed E-state index contributed by atoms with van der Waals surface area (Å²) in [6, 6.07) is 21.2. The second-order valence-corrected chi connectivity index (χ2v) is 5.65. The smallest absolute Gasteiger partial charge is 0.213 e. The van der Waals surface area contributed by atoms with Crippen molar-refractivity contribution in [1.82, 2.24) is 4.98 Å². The highest BCUT2D eigenvalue weighted by molar-refractivity contribution is 6.03. The lowest BCUT2D eigenvalue weighted by Crippen LogP contribution is -2.34.